The highest BCUT2D eigenvalue weighted by atomic mass is 79.9. The number of hydrogen-bond acceptors (Lipinski definition) is 2. The molecule has 0 bridgehead atoms. The highest BCUT2D eigenvalue weighted by molar-refractivity contribution is 9.13. The van der Waals surface area contributed by atoms with Crippen LogP contribution in [-0.4, -0.2) is 9.97 Å². The van der Waals surface area contributed by atoms with Crippen molar-refractivity contribution < 1.29 is 0 Å². The first-order valence-electron chi connectivity index (χ1n) is 3.99. The van der Waals surface area contributed by atoms with Crippen LogP contribution in [0.5, 0.6) is 0 Å². The molecule has 0 N–H and O–H groups in total. The molecule has 0 atom stereocenters. The first-order valence-corrected chi connectivity index (χ1v) is 5.58. The van der Waals surface area contributed by atoms with Crippen molar-refractivity contribution in [1.82, 2.24) is 9.97 Å². The Hall–Kier alpha value is -0.740. The summed E-state index contributed by atoms with van der Waals surface area (Å²) in [6.07, 6.45) is 5.30. The van der Waals surface area contributed by atoms with E-state index in [2.05, 4.69) is 41.8 Å². The van der Waals surface area contributed by atoms with Crippen LogP contribution in [0.2, 0.25) is 0 Å². The molecule has 2 heterocycles. The lowest BCUT2D eigenvalue weighted by Crippen LogP contribution is -1.86. The Morgan fingerprint density at radius 3 is 2.64 bits per heavy atom. The van der Waals surface area contributed by atoms with E-state index in [1.165, 1.54) is 0 Å². The van der Waals surface area contributed by atoms with E-state index in [0.717, 1.165) is 20.2 Å². The highest BCUT2D eigenvalue weighted by Gasteiger charge is 2.06. The summed E-state index contributed by atoms with van der Waals surface area (Å²) < 4.78 is 1.91. The van der Waals surface area contributed by atoms with Gasteiger partial charge in [-0.1, -0.05) is 6.07 Å². The summed E-state index contributed by atoms with van der Waals surface area (Å²) in [5.74, 6) is 0. The summed E-state index contributed by atoms with van der Waals surface area (Å²) in [7, 11) is 0. The van der Waals surface area contributed by atoms with Gasteiger partial charge in [0, 0.05) is 28.6 Å². The lowest BCUT2D eigenvalue weighted by molar-refractivity contribution is 1.25. The Bertz CT molecular complexity index is 443. The van der Waals surface area contributed by atoms with Gasteiger partial charge in [0.1, 0.15) is 0 Å². The second-order valence-corrected chi connectivity index (χ2v) is 4.35. The van der Waals surface area contributed by atoms with E-state index in [-0.39, 0.29) is 0 Å². The van der Waals surface area contributed by atoms with Crippen LogP contribution in [0.25, 0.3) is 11.3 Å². The molecule has 2 nitrogen and oxygen atoms in total. The summed E-state index contributed by atoms with van der Waals surface area (Å²) in [4.78, 5) is 8.36. The van der Waals surface area contributed by atoms with Crippen molar-refractivity contribution in [1.29, 1.82) is 0 Å². The van der Waals surface area contributed by atoms with Gasteiger partial charge in [0.05, 0.1) is 10.2 Å². The van der Waals surface area contributed by atoms with Gasteiger partial charge in [0.25, 0.3) is 0 Å². The fraction of sp³-hybridized carbons (Fsp3) is 0. The van der Waals surface area contributed by atoms with E-state index in [9.17, 15) is 0 Å². The van der Waals surface area contributed by atoms with Crippen LogP contribution in [0.4, 0.5) is 0 Å². The molecule has 0 aromatic carbocycles. The number of hydrogen-bond donors (Lipinski definition) is 0. The lowest BCUT2D eigenvalue weighted by Gasteiger charge is -2.03. The maximum absolute atomic E-state index is 4.26. The van der Waals surface area contributed by atoms with Crippen molar-refractivity contribution >= 4 is 31.9 Å². The zero-order valence-corrected chi connectivity index (χ0v) is 10.3. The quantitative estimate of drug-likeness (QED) is 0.803. The predicted octanol–water partition coefficient (Wildman–Crippen LogP) is 3.67. The minimum absolute atomic E-state index is 0.910. The van der Waals surface area contributed by atoms with Crippen LogP contribution in [0, 0.1) is 0 Å². The van der Waals surface area contributed by atoms with E-state index >= 15 is 0 Å². The predicted molar refractivity (Wildman–Crippen MR) is 62.9 cm³/mol. The molecule has 0 fully saturated rings. The molecule has 0 saturated heterocycles. The van der Waals surface area contributed by atoms with Crippen molar-refractivity contribution in [2.45, 2.75) is 0 Å². The first-order chi connectivity index (χ1) is 6.79. The molecule has 14 heavy (non-hydrogen) atoms. The number of nitrogens with zero attached hydrogens (tertiary/aromatic N) is 2. The van der Waals surface area contributed by atoms with Crippen molar-refractivity contribution in [2.75, 3.05) is 0 Å². The second-order valence-electron chi connectivity index (χ2n) is 2.70. The Kier molecular flexibility index (Phi) is 2.93. The van der Waals surface area contributed by atoms with Gasteiger partial charge in [0.15, 0.2) is 0 Å². The fourth-order valence-corrected chi connectivity index (χ4v) is 1.86. The monoisotopic (exact) mass is 312 g/mol. The van der Waals surface area contributed by atoms with E-state index < -0.39 is 0 Å². The number of halogens is 2. The molecule has 0 radical (unpaired) electrons. The standard InChI is InChI=1S/C10H6Br2N2/c11-8-6-13-5-7(10(8)12)9-3-1-2-4-14-9/h1-6H. The number of rotatable bonds is 1. The summed E-state index contributed by atoms with van der Waals surface area (Å²) >= 11 is 6.90. The van der Waals surface area contributed by atoms with Gasteiger partial charge < -0.3 is 0 Å². The van der Waals surface area contributed by atoms with Gasteiger partial charge in [-0.15, -0.1) is 0 Å². The lowest BCUT2D eigenvalue weighted by atomic mass is 10.2. The molecule has 0 saturated carbocycles. The van der Waals surface area contributed by atoms with Crippen molar-refractivity contribution in [2.24, 2.45) is 0 Å². The van der Waals surface area contributed by atoms with E-state index in [1.54, 1.807) is 18.6 Å². The topological polar surface area (TPSA) is 25.8 Å². The van der Waals surface area contributed by atoms with Crippen LogP contribution in [0.3, 0.4) is 0 Å². The number of aromatic nitrogens is 2. The van der Waals surface area contributed by atoms with Gasteiger partial charge >= 0.3 is 0 Å². The maximum atomic E-state index is 4.26. The maximum Gasteiger partial charge on any atom is 0.0729 e. The third-order valence-electron chi connectivity index (χ3n) is 1.78. The minimum Gasteiger partial charge on any atom is -0.263 e. The average Bonchev–Trinajstić information content (AvgIpc) is 2.23. The van der Waals surface area contributed by atoms with E-state index in [4.69, 9.17) is 0 Å². The molecule has 0 aliphatic heterocycles. The third-order valence-corrected chi connectivity index (χ3v) is 3.77. The summed E-state index contributed by atoms with van der Waals surface area (Å²) in [6.45, 7) is 0. The van der Waals surface area contributed by atoms with Gasteiger partial charge in [-0.25, -0.2) is 0 Å². The molecular formula is C10H6Br2N2. The first kappa shape index (κ1) is 9.80. The fourth-order valence-electron chi connectivity index (χ4n) is 1.12. The molecule has 0 aliphatic rings. The zero-order valence-electron chi connectivity index (χ0n) is 7.11. The molecule has 70 valence electrons. The minimum atomic E-state index is 0.910. The average molecular weight is 314 g/mol. The Labute approximate surface area is 98.7 Å². The van der Waals surface area contributed by atoms with Crippen LogP contribution >= 0.6 is 31.9 Å². The molecule has 0 aliphatic carbocycles. The van der Waals surface area contributed by atoms with Gasteiger partial charge in [-0.3, -0.25) is 9.97 Å². The van der Waals surface area contributed by atoms with Crippen molar-refractivity contribution in [3.63, 3.8) is 0 Å². The molecular weight excluding hydrogens is 308 g/mol. The Morgan fingerprint density at radius 2 is 1.93 bits per heavy atom. The second kappa shape index (κ2) is 4.19. The molecule has 2 aromatic heterocycles. The van der Waals surface area contributed by atoms with Crippen LogP contribution < -0.4 is 0 Å². The zero-order chi connectivity index (χ0) is 9.97. The van der Waals surface area contributed by atoms with Gasteiger partial charge in [-0.05, 0) is 44.0 Å². The van der Waals surface area contributed by atoms with Gasteiger partial charge in [0.2, 0.25) is 0 Å². The van der Waals surface area contributed by atoms with E-state index in [0.29, 0.717) is 0 Å². The molecule has 2 rings (SSSR count). The molecule has 0 amide bonds. The van der Waals surface area contributed by atoms with Crippen LogP contribution in [-0.2, 0) is 0 Å². The van der Waals surface area contributed by atoms with Crippen molar-refractivity contribution in [3.05, 3.63) is 45.7 Å². The van der Waals surface area contributed by atoms with Gasteiger partial charge in [-0.2, -0.15) is 0 Å². The van der Waals surface area contributed by atoms with E-state index in [1.807, 2.05) is 18.2 Å². The van der Waals surface area contributed by atoms with Crippen LogP contribution in [0.1, 0.15) is 0 Å². The Balaban J connectivity index is 2.58. The summed E-state index contributed by atoms with van der Waals surface area (Å²) in [6, 6.07) is 5.80. The summed E-state index contributed by atoms with van der Waals surface area (Å²) in [5.41, 5.74) is 1.90. The van der Waals surface area contributed by atoms with Crippen molar-refractivity contribution in [3.8, 4) is 11.3 Å². The molecule has 2 aromatic rings. The normalized spacial score (nSPS) is 10.1. The van der Waals surface area contributed by atoms with Crippen LogP contribution in [0.15, 0.2) is 45.7 Å². The molecule has 4 heteroatoms. The Morgan fingerprint density at radius 1 is 1.07 bits per heavy atom. The largest absolute Gasteiger partial charge is 0.263 e. The smallest absolute Gasteiger partial charge is 0.0729 e. The third kappa shape index (κ3) is 1.86. The molecule has 0 spiro atoms. The SMILES string of the molecule is Brc1cncc(-c2ccccn2)c1Br. The number of pyridine rings is 2. The molecule has 0 unspecified atom stereocenters. The summed E-state index contributed by atoms with van der Waals surface area (Å²) in [5, 5.41) is 0. The highest BCUT2D eigenvalue weighted by Crippen LogP contribution is 2.31.